The average molecular weight is 703 g/mol. The van der Waals surface area contributed by atoms with Gasteiger partial charge in [0.15, 0.2) is 5.78 Å². The first-order valence-corrected chi connectivity index (χ1v) is 18.4. The van der Waals surface area contributed by atoms with Crippen molar-refractivity contribution < 1.29 is 24.6 Å². The zero-order valence-corrected chi connectivity index (χ0v) is 30.9. The van der Waals surface area contributed by atoms with Gasteiger partial charge in [0.1, 0.15) is 0 Å². The Kier molecular flexibility index (Phi) is 15.1. The van der Waals surface area contributed by atoms with Crippen molar-refractivity contribution in [2.75, 3.05) is 27.2 Å². The number of carboxylic acids is 2. The molecule has 2 aliphatic carbocycles. The predicted octanol–water partition coefficient (Wildman–Crippen LogP) is 8.64. The van der Waals surface area contributed by atoms with Crippen LogP contribution in [0, 0.1) is 5.41 Å². The van der Waals surface area contributed by atoms with E-state index in [-0.39, 0.29) is 17.6 Å². The Morgan fingerprint density at radius 2 is 1.33 bits per heavy atom. The van der Waals surface area contributed by atoms with E-state index in [4.69, 9.17) is 15.9 Å². The monoisotopic (exact) mass is 702 g/mol. The first-order valence-electron chi connectivity index (χ1n) is 18.4. The highest BCUT2D eigenvalue weighted by Crippen LogP contribution is 2.38. The topological polar surface area (TPSA) is 121 Å². The number of fused-ring (bicyclic) bond motifs is 2. The summed E-state index contributed by atoms with van der Waals surface area (Å²) in [4.78, 5) is 36.0. The molecular weight excluding hydrogens is 649 g/mol. The lowest BCUT2D eigenvalue weighted by Crippen LogP contribution is -2.34. The van der Waals surface area contributed by atoms with Gasteiger partial charge in [0.2, 0.25) is 0 Å². The molecule has 52 heavy (non-hydrogen) atoms. The molecule has 0 radical (unpaired) electrons. The summed E-state index contributed by atoms with van der Waals surface area (Å²) >= 11 is 0. The second-order valence-corrected chi connectivity index (χ2v) is 14.2. The Morgan fingerprint density at radius 1 is 0.769 bits per heavy atom. The molecule has 0 amide bonds. The molecule has 0 spiro atoms. The van der Waals surface area contributed by atoms with Crippen LogP contribution in [0.15, 0.2) is 109 Å². The number of nitrogens with zero attached hydrogens (tertiary/aromatic N) is 1. The zero-order chi connectivity index (χ0) is 37.5. The summed E-state index contributed by atoms with van der Waals surface area (Å²) in [6.07, 6.45) is 11.6. The van der Waals surface area contributed by atoms with E-state index in [2.05, 4.69) is 73.6 Å². The minimum atomic E-state index is -0.899. The van der Waals surface area contributed by atoms with E-state index in [9.17, 15) is 14.4 Å². The summed E-state index contributed by atoms with van der Waals surface area (Å²) < 4.78 is 0. The number of nitrogens with two attached hydrogens (primary N) is 1. The van der Waals surface area contributed by atoms with Crippen LogP contribution >= 0.6 is 0 Å². The molecule has 4 aromatic carbocycles. The van der Waals surface area contributed by atoms with Crippen molar-refractivity contribution >= 4 is 23.3 Å². The third-order valence-electron chi connectivity index (χ3n) is 10.1. The van der Waals surface area contributed by atoms with Gasteiger partial charge in [0.25, 0.3) is 0 Å². The number of benzene rings is 4. The van der Waals surface area contributed by atoms with Gasteiger partial charge in [-0.3, -0.25) is 14.4 Å². The standard InChI is InChI=1S/C20H23N.C16H14O3.C9H17NO2/c1-21(2)15-7-12-20-18-10-5-3-8-16(18)13-14-17-9-4-6-11-19(17)20;1-11(16(18)19)13-8-5-9-14(10-13)15(17)12-6-3-2-4-7-12;10-7-9(6-8(11)12)4-2-1-3-5-9/h3-6,8-12H,7,13-15H2,1-2H3;2-11H,1H3,(H,18,19);1-7,10H2,(H,11,12). The molecule has 274 valence electrons. The van der Waals surface area contributed by atoms with E-state index < -0.39 is 17.9 Å². The summed E-state index contributed by atoms with van der Waals surface area (Å²) in [6, 6.07) is 33.5. The Balaban J connectivity index is 0.000000181. The maximum atomic E-state index is 12.2. The number of hydrogen-bond acceptors (Lipinski definition) is 5. The van der Waals surface area contributed by atoms with Gasteiger partial charge in [0, 0.05) is 17.7 Å². The number of aryl methyl sites for hydroxylation is 2. The fourth-order valence-electron chi connectivity index (χ4n) is 7.03. The Morgan fingerprint density at radius 3 is 1.87 bits per heavy atom. The van der Waals surface area contributed by atoms with Crippen molar-refractivity contribution in [3.8, 4) is 0 Å². The normalized spacial score (nSPS) is 14.9. The number of hydrogen-bond donors (Lipinski definition) is 3. The molecule has 1 atom stereocenters. The Hall–Kier alpha value is -4.85. The van der Waals surface area contributed by atoms with Crippen LogP contribution < -0.4 is 5.73 Å². The first kappa shape index (κ1) is 39.9. The van der Waals surface area contributed by atoms with Gasteiger partial charge in [-0.2, -0.15) is 0 Å². The largest absolute Gasteiger partial charge is 0.481 e. The summed E-state index contributed by atoms with van der Waals surface area (Å²) in [7, 11) is 4.26. The van der Waals surface area contributed by atoms with E-state index in [0.717, 1.165) is 51.5 Å². The first-order chi connectivity index (χ1) is 25.0. The van der Waals surface area contributed by atoms with Gasteiger partial charge in [-0.1, -0.05) is 122 Å². The maximum Gasteiger partial charge on any atom is 0.310 e. The van der Waals surface area contributed by atoms with Crippen LogP contribution in [0.3, 0.4) is 0 Å². The van der Waals surface area contributed by atoms with Crippen LogP contribution in [-0.4, -0.2) is 60.0 Å². The lowest BCUT2D eigenvalue weighted by Gasteiger charge is -2.34. The molecule has 0 saturated heterocycles. The van der Waals surface area contributed by atoms with Gasteiger partial charge in [0.05, 0.1) is 12.3 Å². The molecule has 1 fully saturated rings. The quantitative estimate of drug-likeness (QED) is 0.142. The number of rotatable bonds is 10. The second kappa shape index (κ2) is 19.7. The number of ketones is 1. The molecule has 7 nitrogen and oxygen atoms in total. The lowest BCUT2D eigenvalue weighted by atomic mass is 9.72. The fourth-order valence-corrected chi connectivity index (χ4v) is 7.03. The van der Waals surface area contributed by atoms with E-state index in [1.165, 1.54) is 34.2 Å². The summed E-state index contributed by atoms with van der Waals surface area (Å²) in [6.45, 7) is 3.22. The van der Waals surface area contributed by atoms with E-state index in [0.29, 0.717) is 23.2 Å². The molecule has 0 bridgehead atoms. The minimum absolute atomic E-state index is 0.0793. The van der Waals surface area contributed by atoms with Crippen LogP contribution in [0.1, 0.15) is 102 Å². The van der Waals surface area contributed by atoms with Crippen molar-refractivity contribution in [3.05, 3.63) is 148 Å². The molecule has 0 aromatic heterocycles. The third kappa shape index (κ3) is 11.3. The maximum absolute atomic E-state index is 12.2. The van der Waals surface area contributed by atoms with Crippen molar-refractivity contribution in [2.45, 2.75) is 70.6 Å². The average Bonchev–Trinajstić information content (AvgIpc) is 3.32. The molecule has 4 N–H and O–H groups in total. The van der Waals surface area contributed by atoms with Crippen LogP contribution in [0.25, 0.3) is 5.57 Å². The van der Waals surface area contributed by atoms with Crippen LogP contribution in [-0.2, 0) is 22.4 Å². The van der Waals surface area contributed by atoms with Gasteiger partial charge in [-0.15, -0.1) is 0 Å². The summed E-state index contributed by atoms with van der Waals surface area (Å²) in [5.41, 5.74) is 14.5. The van der Waals surface area contributed by atoms with Crippen molar-refractivity contribution in [3.63, 3.8) is 0 Å². The van der Waals surface area contributed by atoms with Gasteiger partial charge in [-0.05, 0) is 105 Å². The number of carbonyl (C=O) groups is 3. The Labute approximate surface area is 309 Å². The van der Waals surface area contributed by atoms with Gasteiger partial charge in [-0.25, -0.2) is 0 Å². The molecule has 4 aromatic rings. The zero-order valence-electron chi connectivity index (χ0n) is 30.9. The van der Waals surface area contributed by atoms with Crippen LogP contribution in [0.5, 0.6) is 0 Å². The van der Waals surface area contributed by atoms with Crippen molar-refractivity contribution in [1.82, 2.24) is 4.90 Å². The van der Waals surface area contributed by atoms with E-state index >= 15 is 0 Å². The molecule has 6 rings (SSSR count). The van der Waals surface area contributed by atoms with Gasteiger partial charge >= 0.3 is 11.9 Å². The molecule has 0 heterocycles. The smallest absolute Gasteiger partial charge is 0.310 e. The highest BCUT2D eigenvalue weighted by atomic mass is 16.4. The van der Waals surface area contributed by atoms with Crippen LogP contribution in [0.4, 0.5) is 0 Å². The van der Waals surface area contributed by atoms with Gasteiger partial charge < -0.3 is 20.8 Å². The Bertz CT molecular complexity index is 1760. The fraction of sp³-hybridized carbons (Fsp3) is 0.356. The predicted molar refractivity (Wildman–Crippen MR) is 210 cm³/mol. The number of carbonyl (C=O) groups excluding carboxylic acids is 1. The van der Waals surface area contributed by atoms with E-state index in [1.54, 1.807) is 55.5 Å². The van der Waals surface area contributed by atoms with Crippen LogP contribution in [0.2, 0.25) is 0 Å². The molecule has 7 heteroatoms. The highest BCUT2D eigenvalue weighted by molar-refractivity contribution is 6.09. The second-order valence-electron chi connectivity index (χ2n) is 14.2. The molecular formula is C45H54N2O5. The third-order valence-corrected chi connectivity index (χ3v) is 10.1. The summed E-state index contributed by atoms with van der Waals surface area (Å²) in [5.74, 6) is -2.32. The van der Waals surface area contributed by atoms with Crippen molar-refractivity contribution in [2.24, 2.45) is 11.1 Å². The minimum Gasteiger partial charge on any atom is -0.481 e. The van der Waals surface area contributed by atoms with Crippen molar-refractivity contribution in [1.29, 1.82) is 0 Å². The van der Waals surface area contributed by atoms with E-state index in [1.807, 2.05) is 6.07 Å². The SMILES string of the molecule is CC(C(=O)O)c1cccc(C(=O)c2ccccc2)c1.CN(C)CCC=C1c2ccccc2CCc2ccccc21.NCC1(CC(=O)O)CCCCC1. The molecule has 1 saturated carbocycles. The summed E-state index contributed by atoms with van der Waals surface area (Å²) in [5, 5.41) is 17.7. The number of carboxylic acid groups (broad SMARTS) is 2. The lowest BCUT2D eigenvalue weighted by molar-refractivity contribution is -0.140. The number of aliphatic carboxylic acids is 2. The molecule has 0 aliphatic heterocycles. The molecule has 2 aliphatic rings. The highest BCUT2D eigenvalue weighted by Gasteiger charge is 2.32. The molecule has 1 unspecified atom stereocenters.